The van der Waals surface area contributed by atoms with Crippen LogP contribution in [-0.4, -0.2) is 4.98 Å². The summed E-state index contributed by atoms with van der Waals surface area (Å²) in [6.45, 7) is 1.84. The van der Waals surface area contributed by atoms with Gasteiger partial charge in [-0.2, -0.15) is 0 Å². The molecule has 1 aromatic heterocycles. The number of nitrogens with zero attached hydrogens (tertiary/aromatic N) is 1. The first-order valence-electron chi connectivity index (χ1n) is 4.81. The summed E-state index contributed by atoms with van der Waals surface area (Å²) in [5, 5.41) is 3.24. The van der Waals surface area contributed by atoms with E-state index in [-0.39, 0.29) is 5.82 Å². The summed E-state index contributed by atoms with van der Waals surface area (Å²) in [4.78, 5) is 4.02. The maximum atomic E-state index is 13.5. The van der Waals surface area contributed by atoms with Crippen LogP contribution in [0.3, 0.4) is 0 Å². The zero-order valence-electron chi connectivity index (χ0n) is 8.67. The molecule has 0 radical (unpaired) electrons. The molecule has 82 valence electrons. The van der Waals surface area contributed by atoms with Crippen molar-refractivity contribution in [1.82, 2.24) is 4.98 Å². The Morgan fingerprint density at radius 1 is 1.25 bits per heavy atom. The van der Waals surface area contributed by atoms with Gasteiger partial charge in [0.2, 0.25) is 0 Å². The third-order valence-electron chi connectivity index (χ3n) is 2.10. The van der Waals surface area contributed by atoms with E-state index in [9.17, 15) is 4.39 Å². The largest absolute Gasteiger partial charge is 0.338 e. The average molecular weight is 237 g/mol. The minimum absolute atomic E-state index is 0.304. The summed E-state index contributed by atoms with van der Waals surface area (Å²) >= 11 is 5.73. The van der Waals surface area contributed by atoms with E-state index < -0.39 is 0 Å². The number of aromatic nitrogens is 1. The number of pyridine rings is 1. The first-order valence-corrected chi connectivity index (χ1v) is 5.19. The Bertz CT molecular complexity index is 514. The van der Waals surface area contributed by atoms with Crippen molar-refractivity contribution in [2.45, 2.75) is 6.92 Å². The molecule has 2 rings (SSSR count). The zero-order chi connectivity index (χ0) is 11.5. The summed E-state index contributed by atoms with van der Waals surface area (Å²) < 4.78 is 13.5. The van der Waals surface area contributed by atoms with E-state index in [0.717, 1.165) is 5.56 Å². The third-order valence-corrected chi connectivity index (χ3v) is 2.31. The molecule has 0 bridgehead atoms. The summed E-state index contributed by atoms with van der Waals surface area (Å²) in [6, 6.07) is 10.1. The second-order valence-corrected chi connectivity index (χ2v) is 3.84. The van der Waals surface area contributed by atoms with Gasteiger partial charge in [-0.1, -0.05) is 23.7 Å². The minimum Gasteiger partial charge on any atom is -0.338 e. The fourth-order valence-corrected chi connectivity index (χ4v) is 1.50. The number of aryl methyl sites for hydroxylation is 1. The molecule has 0 fully saturated rings. The summed E-state index contributed by atoms with van der Waals surface area (Å²) in [6.07, 6.45) is 0. The number of hydrogen-bond donors (Lipinski definition) is 1. The van der Waals surface area contributed by atoms with Crippen LogP contribution < -0.4 is 5.32 Å². The molecule has 0 unspecified atom stereocenters. The Balaban J connectivity index is 2.27. The Morgan fingerprint density at radius 2 is 2.06 bits per heavy atom. The maximum absolute atomic E-state index is 13.5. The van der Waals surface area contributed by atoms with E-state index in [4.69, 9.17) is 11.6 Å². The normalized spacial score (nSPS) is 10.2. The Morgan fingerprint density at radius 3 is 2.75 bits per heavy atom. The zero-order valence-corrected chi connectivity index (χ0v) is 9.42. The van der Waals surface area contributed by atoms with Gasteiger partial charge in [0.05, 0.1) is 5.69 Å². The molecule has 1 N–H and O–H groups in total. The number of hydrogen-bond acceptors (Lipinski definition) is 2. The highest BCUT2D eigenvalue weighted by atomic mass is 35.5. The first-order chi connectivity index (χ1) is 7.65. The lowest BCUT2D eigenvalue weighted by Crippen LogP contribution is -1.96. The molecule has 0 aliphatic heterocycles. The molecule has 16 heavy (non-hydrogen) atoms. The fraction of sp³-hybridized carbons (Fsp3) is 0.0833. The number of benzene rings is 1. The number of rotatable bonds is 2. The van der Waals surface area contributed by atoms with Gasteiger partial charge in [-0.25, -0.2) is 9.37 Å². The van der Waals surface area contributed by atoms with Gasteiger partial charge in [-0.15, -0.1) is 0 Å². The van der Waals surface area contributed by atoms with Crippen molar-refractivity contribution >= 4 is 23.1 Å². The van der Waals surface area contributed by atoms with E-state index in [0.29, 0.717) is 16.7 Å². The molecule has 2 nitrogen and oxygen atoms in total. The van der Waals surface area contributed by atoms with Gasteiger partial charge in [0.15, 0.2) is 0 Å². The number of nitrogens with one attached hydrogen (secondary N) is 1. The molecule has 0 saturated heterocycles. The predicted molar refractivity (Wildman–Crippen MR) is 63.7 cm³/mol. The maximum Gasteiger partial charge on any atom is 0.146 e. The molecule has 4 heteroatoms. The summed E-state index contributed by atoms with van der Waals surface area (Å²) in [5.74, 6) is 0.219. The third kappa shape index (κ3) is 2.49. The highest BCUT2D eigenvalue weighted by Gasteiger charge is 2.03. The summed E-state index contributed by atoms with van der Waals surface area (Å²) in [5.41, 5.74) is 1.27. The van der Waals surface area contributed by atoms with Crippen LogP contribution in [0.1, 0.15) is 5.56 Å². The van der Waals surface area contributed by atoms with Crippen LogP contribution in [0.5, 0.6) is 0 Å². The van der Waals surface area contributed by atoms with Crippen LogP contribution in [-0.2, 0) is 0 Å². The Labute approximate surface area is 98.1 Å². The van der Waals surface area contributed by atoms with E-state index in [2.05, 4.69) is 10.3 Å². The lowest BCUT2D eigenvalue weighted by atomic mass is 10.2. The predicted octanol–water partition coefficient (Wildman–Crippen LogP) is 3.93. The molecule has 0 atom stereocenters. The summed E-state index contributed by atoms with van der Waals surface area (Å²) in [7, 11) is 0. The lowest BCUT2D eigenvalue weighted by molar-refractivity contribution is 0.630. The van der Waals surface area contributed by atoms with E-state index in [1.165, 1.54) is 6.07 Å². The van der Waals surface area contributed by atoms with Gasteiger partial charge in [0.25, 0.3) is 0 Å². The van der Waals surface area contributed by atoms with Gasteiger partial charge < -0.3 is 5.32 Å². The molecule has 0 aliphatic rings. The first kappa shape index (κ1) is 10.9. The standard InChI is InChI=1S/C12H10ClFN2/c1-8-5-6-10(9(14)7-8)15-12-4-2-3-11(13)16-12/h2-7H,1H3,(H,15,16). The van der Waals surface area contributed by atoms with Gasteiger partial charge in [-0.05, 0) is 36.8 Å². The van der Waals surface area contributed by atoms with Crippen LogP contribution in [0.15, 0.2) is 36.4 Å². The molecule has 1 aromatic carbocycles. The van der Waals surface area contributed by atoms with Crippen molar-refractivity contribution in [1.29, 1.82) is 0 Å². The molecule has 0 saturated carbocycles. The van der Waals surface area contributed by atoms with E-state index in [1.807, 2.05) is 13.0 Å². The molecular formula is C12H10ClFN2. The highest BCUT2D eigenvalue weighted by molar-refractivity contribution is 6.29. The van der Waals surface area contributed by atoms with Gasteiger partial charge in [-0.3, -0.25) is 0 Å². The molecular weight excluding hydrogens is 227 g/mol. The average Bonchev–Trinajstić information content (AvgIpc) is 2.22. The van der Waals surface area contributed by atoms with Crippen LogP contribution in [0.4, 0.5) is 15.9 Å². The van der Waals surface area contributed by atoms with Crippen molar-refractivity contribution in [2.75, 3.05) is 5.32 Å². The van der Waals surface area contributed by atoms with Crippen LogP contribution in [0.25, 0.3) is 0 Å². The second kappa shape index (κ2) is 4.49. The monoisotopic (exact) mass is 236 g/mol. The van der Waals surface area contributed by atoms with Crippen LogP contribution in [0, 0.1) is 12.7 Å². The van der Waals surface area contributed by atoms with Crippen LogP contribution >= 0.6 is 11.6 Å². The number of anilines is 2. The smallest absolute Gasteiger partial charge is 0.146 e. The van der Waals surface area contributed by atoms with Crippen molar-refractivity contribution in [2.24, 2.45) is 0 Å². The molecule has 0 amide bonds. The van der Waals surface area contributed by atoms with Gasteiger partial charge >= 0.3 is 0 Å². The Kier molecular flexibility index (Phi) is 3.06. The van der Waals surface area contributed by atoms with Crippen molar-refractivity contribution < 1.29 is 4.39 Å². The van der Waals surface area contributed by atoms with Crippen molar-refractivity contribution in [3.05, 3.63) is 52.9 Å². The lowest BCUT2D eigenvalue weighted by Gasteiger charge is -2.07. The molecule has 0 spiro atoms. The second-order valence-electron chi connectivity index (χ2n) is 3.45. The van der Waals surface area contributed by atoms with E-state index in [1.54, 1.807) is 24.3 Å². The Hall–Kier alpha value is -1.61. The quantitative estimate of drug-likeness (QED) is 0.800. The molecule has 2 aromatic rings. The topological polar surface area (TPSA) is 24.9 Å². The van der Waals surface area contributed by atoms with Gasteiger partial charge in [0, 0.05) is 0 Å². The van der Waals surface area contributed by atoms with E-state index >= 15 is 0 Å². The van der Waals surface area contributed by atoms with Gasteiger partial charge in [0.1, 0.15) is 16.8 Å². The van der Waals surface area contributed by atoms with Crippen LogP contribution in [0.2, 0.25) is 5.15 Å². The molecule has 0 aliphatic carbocycles. The number of halogens is 2. The minimum atomic E-state index is -0.304. The van der Waals surface area contributed by atoms with Crippen molar-refractivity contribution in [3.8, 4) is 0 Å². The SMILES string of the molecule is Cc1ccc(Nc2cccc(Cl)n2)c(F)c1. The molecule has 1 heterocycles. The highest BCUT2D eigenvalue weighted by Crippen LogP contribution is 2.20. The fourth-order valence-electron chi connectivity index (χ4n) is 1.34. The van der Waals surface area contributed by atoms with Crippen molar-refractivity contribution in [3.63, 3.8) is 0 Å².